The standard InChI is InChI=1S/C77H134O6/c1-4-7-10-13-16-19-22-25-28-31-34-36-38-40-43-46-49-52-55-58-61-64-67-70-76(79)82-73-74(72-81-75(78)69-66-63-60-57-54-51-48-45-42-33-30-27-24-21-18-15-12-9-6-3)83-77(80)71-68-65-62-59-56-53-50-47-44-41-39-37-35-32-29-26-23-20-17-14-11-8-5-2/h7,9-10,12,16,18-19,21,25,27-28,30,34,36,42,45,74H,4-6,8,11,13-15,17,20,22-24,26,29,31-33,35,37-41,43-44,46-73H2,1-3H3/b10-7-,12-9-,19-16-,21-18-,28-25-,30-27-,36-34-,45-42-. The van der Waals surface area contributed by atoms with Crippen LogP contribution in [-0.4, -0.2) is 37.2 Å². The highest BCUT2D eigenvalue weighted by Gasteiger charge is 2.19. The maximum atomic E-state index is 13.0. The normalized spacial score (nSPS) is 12.7. The maximum Gasteiger partial charge on any atom is 0.306 e. The number of allylic oxidation sites excluding steroid dienone is 16. The first-order chi connectivity index (χ1) is 41.0. The Morgan fingerprint density at radius 1 is 0.253 bits per heavy atom. The summed E-state index contributed by atoms with van der Waals surface area (Å²) in [6, 6.07) is 0. The van der Waals surface area contributed by atoms with Crippen molar-refractivity contribution in [3.05, 3.63) is 97.2 Å². The van der Waals surface area contributed by atoms with Crippen molar-refractivity contribution >= 4 is 17.9 Å². The molecule has 0 fully saturated rings. The Labute approximate surface area is 515 Å². The van der Waals surface area contributed by atoms with Gasteiger partial charge in [0, 0.05) is 19.3 Å². The van der Waals surface area contributed by atoms with E-state index in [0.717, 1.165) is 116 Å². The number of ether oxygens (including phenoxy) is 3. The summed E-state index contributed by atoms with van der Waals surface area (Å²) in [7, 11) is 0. The van der Waals surface area contributed by atoms with E-state index in [0.29, 0.717) is 19.3 Å². The van der Waals surface area contributed by atoms with E-state index >= 15 is 0 Å². The molecule has 0 aromatic heterocycles. The molecule has 0 aliphatic rings. The SMILES string of the molecule is CC/C=C\C/C=C\C/C=C\C/C=C\CCCCCCCCCCCCC(=O)OCC(COC(=O)CCCCCCCC/C=C\C/C=C\C/C=C\C/C=C\CC)OC(=O)CCCCCCCCCCCCCCCCCCCCCCCCC. The van der Waals surface area contributed by atoms with Gasteiger partial charge in [0.15, 0.2) is 6.10 Å². The van der Waals surface area contributed by atoms with Crippen LogP contribution in [0.1, 0.15) is 355 Å². The van der Waals surface area contributed by atoms with E-state index in [1.807, 2.05) is 0 Å². The highest BCUT2D eigenvalue weighted by Crippen LogP contribution is 2.18. The number of esters is 3. The molecule has 0 aromatic rings. The van der Waals surface area contributed by atoms with Crippen molar-refractivity contribution in [1.29, 1.82) is 0 Å². The molecule has 1 unspecified atom stereocenters. The first-order valence-electron chi connectivity index (χ1n) is 35.7. The Morgan fingerprint density at radius 3 is 0.735 bits per heavy atom. The lowest BCUT2D eigenvalue weighted by Crippen LogP contribution is -2.30. The van der Waals surface area contributed by atoms with Crippen LogP contribution in [0.5, 0.6) is 0 Å². The van der Waals surface area contributed by atoms with E-state index in [-0.39, 0.29) is 31.1 Å². The molecule has 0 aliphatic heterocycles. The van der Waals surface area contributed by atoms with Crippen molar-refractivity contribution in [3.63, 3.8) is 0 Å². The second-order valence-corrected chi connectivity index (χ2v) is 23.7. The molecule has 478 valence electrons. The zero-order valence-corrected chi connectivity index (χ0v) is 54.9. The van der Waals surface area contributed by atoms with Gasteiger partial charge in [0.2, 0.25) is 0 Å². The Morgan fingerprint density at radius 2 is 0.470 bits per heavy atom. The van der Waals surface area contributed by atoms with Crippen LogP contribution < -0.4 is 0 Å². The van der Waals surface area contributed by atoms with E-state index in [1.165, 1.54) is 199 Å². The third-order valence-corrected chi connectivity index (χ3v) is 15.6. The number of carbonyl (C=O) groups is 3. The van der Waals surface area contributed by atoms with Gasteiger partial charge in [-0.25, -0.2) is 0 Å². The lowest BCUT2D eigenvalue weighted by molar-refractivity contribution is -0.167. The lowest BCUT2D eigenvalue weighted by atomic mass is 10.0. The summed E-state index contributed by atoms with van der Waals surface area (Å²) < 4.78 is 17.0. The van der Waals surface area contributed by atoms with Gasteiger partial charge in [0.05, 0.1) is 0 Å². The quantitative estimate of drug-likeness (QED) is 0.0261. The number of hydrogen-bond acceptors (Lipinski definition) is 6. The molecule has 6 heteroatoms. The molecular weight excluding hydrogens is 1020 g/mol. The highest BCUT2D eigenvalue weighted by molar-refractivity contribution is 5.71. The van der Waals surface area contributed by atoms with Crippen molar-refractivity contribution in [2.75, 3.05) is 13.2 Å². The molecule has 83 heavy (non-hydrogen) atoms. The van der Waals surface area contributed by atoms with E-state index < -0.39 is 6.10 Å². The third-order valence-electron chi connectivity index (χ3n) is 15.6. The van der Waals surface area contributed by atoms with Crippen LogP contribution in [0.2, 0.25) is 0 Å². The van der Waals surface area contributed by atoms with Gasteiger partial charge >= 0.3 is 17.9 Å². The third kappa shape index (κ3) is 69.0. The molecule has 0 saturated carbocycles. The molecule has 1 atom stereocenters. The first-order valence-corrected chi connectivity index (χ1v) is 35.7. The fourth-order valence-corrected chi connectivity index (χ4v) is 10.3. The van der Waals surface area contributed by atoms with E-state index in [9.17, 15) is 14.4 Å². The summed E-state index contributed by atoms with van der Waals surface area (Å²) in [5.41, 5.74) is 0. The number of hydrogen-bond donors (Lipinski definition) is 0. The van der Waals surface area contributed by atoms with Crippen molar-refractivity contribution in [1.82, 2.24) is 0 Å². The Hall–Kier alpha value is -3.67. The van der Waals surface area contributed by atoms with Gasteiger partial charge < -0.3 is 14.2 Å². The molecule has 0 spiro atoms. The molecule has 0 radical (unpaired) electrons. The fourth-order valence-electron chi connectivity index (χ4n) is 10.3. The first kappa shape index (κ1) is 79.3. The van der Waals surface area contributed by atoms with Crippen molar-refractivity contribution < 1.29 is 28.6 Å². The van der Waals surface area contributed by atoms with Crippen LogP contribution in [-0.2, 0) is 28.6 Å². The molecule has 0 saturated heterocycles. The average Bonchev–Trinajstić information content (AvgIpc) is 3.49. The second kappa shape index (κ2) is 70.8. The number of unbranched alkanes of at least 4 members (excludes halogenated alkanes) is 38. The number of carbonyl (C=O) groups excluding carboxylic acids is 3. The molecule has 0 amide bonds. The summed E-state index contributed by atoms with van der Waals surface area (Å²) in [5, 5.41) is 0. The van der Waals surface area contributed by atoms with Crippen LogP contribution in [0, 0.1) is 0 Å². The van der Waals surface area contributed by atoms with Crippen LogP contribution in [0.3, 0.4) is 0 Å². The molecule has 0 heterocycles. The molecule has 0 rings (SSSR count). The topological polar surface area (TPSA) is 78.9 Å². The van der Waals surface area contributed by atoms with Crippen LogP contribution in [0.4, 0.5) is 0 Å². The van der Waals surface area contributed by atoms with Gasteiger partial charge in [-0.2, -0.15) is 0 Å². The van der Waals surface area contributed by atoms with E-state index in [1.54, 1.807) is 0 Å². The summed E-state index contributed by atoms with van der Waals surface area (Å²) in [5.74, 6) is -0.880. The van der Waals surface area contributed by atoms with Crippen molar-refractivity contribution in [2.45, 2.75) is 361 Å². The average molecular weight is 1160 g/mol. The summed E-state index contributed by atoms with van der Waals surface area (Å²) in [4.78, 5) is 38.5. The van der Waals surface area contributed by atoms with Crippen LogP contribution in [0.25, 0.3) is 0 Å². The molecule has 0 bridgehead atoms. The summed E-state index contributed by atoms with van der Waals surface area (Å²) in [6.45, 7) is 6.46. The second-order valence-electron chi connectivity index (χ2n) is 23.7. The molecule has 0 N–H and O–H groups in total. The Bertz CT molecular complexity index is 1610. The largest absolute Gasteiger partial charge is 0.462 e. The zero-order chi connectivity index (χ0) is 59.9. The smallest absolute Gasteiger partial charge is 0.306 e. The zero-order valence-electron chi connectivity index (χ0n) is 54.9. The summed E-state index contributed by atoms with van der Waals surface area (Å²) >= 11 is 0. The van der Waals surface area contributed by atoms with Crippen molar-refractivity contribution in [2.24, 2.45) is 0 Å². The van der Waals surface area contributed by atoms with Gasteiger partial charge in [-0.15, -0.1) is 0 Å². The monoisotopic (exact) mass is 1160 g/mol. The minimum absolute atomic E-state index is 0.0817. The minimum atomic E-state index is -0.787. The van der Waals surface area contributed by atoms with Crippen LogP contribution >= 0.6 is 0 Å². The van der Waals surface area contributed by atoms with E-state index in [4.69, 9.17) is 14.2 Å². The van der Waals surface area contributed by atoms with Gasteiger partial charge in [-0.1, -0.05) is 336 Å². The Balaban J connectivity index is 4.37. The van der Waals surface area contributed by atoms with Crippen LogP contribution in [0.15, 0.2) is 97.2 Å². The molecular formula is C77H134O6. The fraction of sp³-hybridized carbons (Fsp3) is 0.753. The number of rotatable bonds is 65. The maximum absolute atomic E-state index is 13.0. The lowest BCUT2D eigenvalue weighted by Gasteiger charge is -2.18. The molecule has 0 aromatic carbocycles. The van der Waals surface area contributed by atoms with Gasteiger partial charge in [0.1, 0.15) is 13.2 Å². The van der Waals surface area contributed by atoms with Gasteiger partial charge in [-0.3, -0.25) is 14.4 Å². The molecule has 0 aliphatic carbocycles. The van der Waals surface area contributed by atoms with E-state index in [2.05, 4.69) is 118 Å². The Kier molecular flexibility index (Phi) is 67.7. The molecule has 6 nitrogen and oxygen atoms in total. The predicted octanol–water partition coefficient (Wildman–Crippen LogP) is 24.8. The summed E-state index contributed by atoms with van der Waals surface area (Å²) in [6.07, 6.45) is 95.7. The predicted molar refractivity (Wildman–Crippen MR) is 362 cm³/mol. The van der Waals surface area contributed by atoms with Gasteiger partial charge in [-0.05, 0) is 96.3 Å². The van der Waals surface area contributed by atoms with Gasteiger partial charge in [0.25, 0.3) is 0 Å². The minimum Gasteiger partial charge on any atom is -0.462 e. The highest BCUT2D eigenvalue weighted by atomic mass is 16.6. The van der Waals surface area contributed by atoms with Crippen molar-refractivity contribution in [3.8, 4) is 0 Å².